The summed E-state index contributed by atoms with van der Waals surface area (Å²) >= 11 is 12.1. The standard InChI is InChI=1S/C22H31BCl2N2O10/c1-11(2)6-16(23-36-18(30)9-22(37-23,21(33)34)8-17(28)29)27-20(32)15(10-35-3)26-19(31)13-7-12(24)4-5-14(13)25/h4-5,7,11,15-16,18-19,26,30-31H,6,8-10H2,1-3H3,(H,27,32)(H,28,29)(H,33,34)/t15?,16-,18?,19?,22?/m0/s1. The lowest BCUT2D eigenvalue weighted by Crippen LogP contribution is -2.63. The smallest absolute Gasteiger partial charge is 0.481 e. The number of amides is 1. The monoisotopic (exact) mass is 564 g/mol. The second-order valence-electron chi connectivity index (χ2n) is 9.14. The third-order valence-corrected chi connectivity index (χ3v) is 6.19. The number of carbonyl (C=O) groups excluding carboxylic acids is 1. The van der Waals surface area contributed by atoms with Crippen LogP contribution in [-0.2, 0) is 28.4 Å². The van der Waals surface area contributed by atoms with Crippen LogP contribution in [0.1, 0.15) is 44.9 Å². The van der Waals surface area contributed by atoms with Crippen molar-refractivity contribution in [2.24, 2.45) is 5.92 Å². The molecule has 1 aromatic carbocycles. The van der Waals surface area contributed by atoms with Crippen LogP contribution in [0.2, 0.25) is 10.0 Å². The summed E-state index contributed by atoms with van der Waals surface area (Å²) in [6, 6.07) is 3.34. The number of benzene rings is 1. The molecule has 0 aliphatic carbocycles. The normalized spacial score (nSPS) is 22.4. The molecule has 0 spiro atoms. The van der Waals surface area contributed by atoms with E-state index in [4.69, 9.17) is 37.2 Å². The van der Waals surface area contributed by atoms with Crippen molar-refractivity contribution in [1.29, 1.82) is 0 Å². The topological polar surface area (TPSA) is 184 Å². The van der Waals surface area contributed by atoms with Crippen LogP contribution in [0.5, 0.6) is 0 Å². The van der Waals surface area contributed by atoms with Gasteiger partial charge >= 0.3 is 19.1 Å². The van der Waals surface area contributed by atoms with E-state index in [1.54, 1.807) is 0 Å². The molecule has 1 aliphatic rings. The first-order chi connectivity index (χ1) is 17.3. The van der Waals surface area contributed by atoms with Gasteiger partial charge in [-0.3, -0.25) is 14.9 Å². The van der Waals surface area contributed by atoms with Crippen LogP contribution in [0.4, 0.5) is 0 Å². The number of halogens is 2. The fraction of sp³-hybridized carbons (Fsp3) is 0.591. The van der Waals surface area contributed by atoms with Gasteiger partial charge in [0.05, 0.1) is 19.0 Å². The molecule has 0 bridgehead atoms. The summed E-state index contributed by atoms with van der Waals surface area (Å²) in [6.45, 7) is 3.48. The molecule has 1 aliphatic heterocycles. The molecule has 1 saturated heterocycles. The van der Waals surface area contributed by atoms with Crippen LogP contribution >= 0.6 is 23.2 Å². The Bertz CT molecular complexity index is 971. The predicted molar refractivity (Wildman–Crippen MR) is 133 cm³/mol. The third kappa shape index (κ3) is 8.79. The van der Waals surface area contributed by atoms with Gasteiger partial charge in [-0.15, -0.1) is 0 Å². The van der Waals surface area contributed by atoms with Crippen LogP contribution in [0, 0.1) is 5.92 Å². The zero-order valence-corrected chi connectivity index (χ0v) is 22.0. The third-order valence-electron chi connectivity index (χ3n) is 5.61. The van der Waals surface area contributed by atoms with E-state index < -0.39 is 67.9 Å². The van der Waals surface area contributed by atoms with Crippen LogP contribution in [0.25, 0.3) is 0 Å². The Labute approximate surface area is 224 Å². The fourth-order valence-corrected chi connectivity index (χ4v) is 4.33. The lowest BCUT2D eigenvalue weighted by molar-refractivity contribution is -0.187. The van der Waals surface area contributed by atoms with Gasteiger partial charge in [-0.2, -0.15) is 0 Å². The second kappa shape index (κ2) is 13.7. The highest BCUT2D eigenvalue weighted by atomic mass is 35.5. The van der Waals surface area contributed by atoms with E-state index in [9.17, 15) is 34.8 Å². The molecule has 5 atom stereocenters. The average Bonchev–Trinajstić information content (AvgIpc) is 2.78. The summed E-state index contributed by atoms with van der Waals surface area (Å²) in [4.78, 5) is 36.5. The zero-order chi connectivity index (χ0) is 27.9. The number of carboxylic acids is 2. The second-order valence-corrected chi connectivity index (χ2v) is 9.98. The highest BCUT2D eigenvalue weighted by Gasteiger charge is 2.53. The molecule has 1 fully saturated rings. The molecule has 206 valence electrons. The summed E-state index contributed by atoms with van der Waals surface area (Å²) in [5.74, 6) is -4.76. The van der Waals surface area contributed by atoms with Crippen molar-refractivity contribution in [3.8, 4) is 0 Å². The quantitative estimate of drug-likeness (QED) is 0.149. The molecule has 1 amide bonds. The van der Waals surface area contributed by atoms with Crippen molar-refractivity contribution in [2.75, 3.05) is 13.7 Å². The predicted octanol–water partition coefficient (Wildman–Crippen LogP) is 1.20. The fourth-order valence-electron chi connectivity index (χ4n) is 3.93. The minimum atomic E-state index is -2.27. The van der Waals surface area contributed by atoms with E-state index in [0.717, 1.165) is 0 Å². The maximum Gasteiger partial charge on any atom is 0.483 e. The van der Waals surface area contributed by atoms with Crippen molar-refractivity contribution in [3.05, 3.63) is 33.8 Å². The number of ether oxygens (including phenoxy) is 1. The highest BCUT2D eigenvalue weighted by Crippen LogP contribution is 2.32. The van der Waals surface area contributed by atoms with E-state index in [-0.39, 0.29) is 29.5 Å². The number of aliphatic carboxylic acids is 2. The van der Waals surface area contributed by atoms with E-state index in [1.807, 2.05) is 13.8 Å². The molecule has 12 nitrogen and oxygen atoms in total. The van der Waals surface area contributed by atoms with Gasteiger partial charge in [-0.1, -0.05) is 37.0 Å². The molecule has 6 N–H and O–H groups in total. The van der Waals surface area contributed by atoms with E-state index >= 15 is 0 Å². The Morgan fingerprint density at radius 3 is 2.51 bits per heavy atom. The molecule has 15 heteroatoms. The summed E-state index contributed by atoms with van der Waals surface area (Å²) in [6.07, 6.45) is -4.38. The minimum absolute atomic E-state index is 0.0556. The molecule has 0 radical (unpaired) electrons. The van der Waals surface area contributed by atoms with Crippen LogP contribution in [0.15, 0.2) is 18.2 Å². The molecule has 1 aromatic rings. The van der Waals surface area contributed by atoms with Crippen molar-refractivity contribution >= 4 is 48.2 Å². The first-order valence-electron chi connectivity index (χ1n) is 11.4. The SMILES string of the molecule is COCC(NC(O)c1cc(Cl)ccc1Cl)C(=O)N[C@@H](CC(C)C)B1OC(O)CC(CC(=O)O)(C(=O)O)O1. The zero-order valence-electron chi connectivity index (χ0n) is 20.5. The first kappa shape index (κ1) is 31.3. The largest absolute Gasteiger partial charge is 0.483 e. The summed E-state index contributed by atoms with van der Waals surface area (Å²) in [5, 5.41) is 45.7. The number of carbonyl (C=O) groups is 3. The maximum absolute atomic E-state index is 13.2. The minimum Gasteiger partial charge on any atom is -0.481 e. The van der Waals surface area contributed by atoms with Gasteiger partial charge in [0, 0.05) is 29.1 Å². The highest BCUT2D eigenvalue weighted by molar-refractivity contribution is 6.47. The number of methoxy groups -OCH3 is 1. The van der Waals surface area contributed by atoms with E-state index in [1.165, 1.54) is 25.3 Å². The lowest BCUT2D eigenvalue weighted by Gasteiger charge is -2.41. The number of aliphatic hydroxyl groups is 2. The summed E-state index contributed by atoms with van der Waals surface area (Å²) in [5.41, 5.74) is -2.04. The molecule has 37 heavy (non-hydrogen) atoms. The van der Waals surface area contributed by atoms with Crippen LogP contribution in [-0.4, -0.2) is 83.0 Å². The Hall–Kier alpha value is -1.97. The Morgan fingerprint density at radius 2 is 1.95 bits per heavy atom. The van der Waals surface area contributed by atoms with Gasteiger partial charge in [0.1, 0.15) is 18.6 Å². The molecule has 4 unspecified atom stereocenters. The van der Waals surface area contributed by atoms with E-state index in [0.29, 0.717) is 5.02 Å². The lowest BCUT2D eigenvalue weighted by atomic mass is 9.70. The number of rotatable bonds is 13. The summed E-state index contributed by atoms with van der Waals surface area (Å²) in [7, 11) is -0.135. The number of carboxylic acid groups (broad SMARTS) is 2. The van der Waals surface area contributed by atoms with Gasteiger partial charge < -0.3 is 39.8 Å². The van der Waals surface area contributed by atoms with Gasteiger partial charge in [0.25, 0.3) is 0 Å². The Morgan fingerprint density at radius 1 is 1.27 bits per heavy atom. The first-order valence-corrected chi connectivity index (χ1v) is 12.2. The Kier molecular flexibility index (Phi) is 11.6. The van der Waals surface area contributed by atoms with Gasteiger partial charge in [-0.05, 0) is 30.5 Å². The van der Waals surface area contributed by atoms with E-state index in [2.05, 4.69) is 10.6 Å². The maximum atomic E-state index is 13.2. The van der Waals surface area contributed by atoms with Crippen molar-refractivity contribution in [2.45, 2.75) is 63.2 Å². The average molecular weight is 565 g/mol. The van der Waals surface area contributed by atoms with Gasteiger partial charge in [-0.25, -0.2) is 4.79 Å². The molecular formula is C22H31BCl2N2O10. The van der Waals surface area contributed by atoms with Gasteiger partial charge in [0.2, 0.25) is 5.91 Å². The molecule has 1 heterocycles. The van der Waals surface area contributed by atoms with Crippen molar-refractivity contribution in [1.82, 2.24) is 10.6 Å². The number of aliphatic hydroxyl groups excluding tert-OH is 2. The number of hydrogen-bond donors (Lipinski definition) is 6. The van der Waals surface area contributed by atoms with Gasteiger partial charge in [0.15, 0.2) is 5.60 Å². The Balaban J connectivity index is 2.27. The molecular weight excluding hydrogens is 534 g/mol. The number of hydrogen-bond acceptors (Lipinski definition) is 9. The number of nitrogens with one attached hydrogen (secondary N) is 2. The van der Waals surface area contributed by atoms with Crippen LogP contribution < -0.4 is 10.6 Å². The molecule has 0 aromatic heterocycles. The van der Waals surface area contributed by atoms with Crippen molar-refractivity contribution in [3.63, 3.8) is 0 Å². The van der Waals surface area contributed by atoms with Crippen molar-refractivity contribution < 1.29 is 48.9 Å². The molecule has 0 saturated carbocycles. The van der Waals surface area contributed by atoms with Crippen LogP contribution in [0.3, 0.4) is 0 Å². The summed E-state index contributed by atoms with van der Waals surface area (Å²) < 4.78 is 16.1. The molecule has 2 rings (SSSR count).